The first-order chi connectivity index (χ1) is 9.10. The first-order valence-corrected chi connectivity index (χ1v) is 6.60. The molecule has 0 saturated heterocycles. The van der Waals surface area contributed by atoms with Crippen molar-refractivity contribution in [2.75, 3.05) is 17.3 Å². The van der Waals surface area contributed by atoms with Crippen LogP contribution in [-0.2, 0) is 11.3 Å². The van der Waals surface area contributed by atoms with E-state index in [1.165, 1.54) is 40.6 Å². The predicted molar refractivity (Wildman–Crippen MR) is 71.2 cm³/mol. The fourth-order valence-electron chi connectivity index (χ4n) is 1.48. The molecule has 0 fully saturated rings. The molecule has 0 unspecified atom stereocenters. The maximum atomic E-state index is 12.7. The molecule has 6 nitrogen and oxygen atoms in total. The van der Waals surface area contributed by atoms with Gasteiger partial charge in [0.25, 0.3) is 0 Å². The molecule has 0 aliphatic heterocycles. The second-order valence-corrected chi connectivity index (χ2v) is 4.46. The molecule has 0 atom stereocenters. The van der Waals surface area contributed by atoms with Gasteiger partial charge in [0.05, 0.1) is 0 Å². The van der Waals surface area contributed by atoms with E-state index in [4.69, 9.17) is 5.73 Å². The molecule has 1 heterocycles. The monoisotopic (exact) mass is 281 g/mol. The van der Waals surface area contributed by atoms with Gasteiger partial charge in [0.15, 0.2) is 5.16 Å². The Morgan fingerprint density at radius 2 is 2.11 bits per heavy atom. The summed E-state index contributed by atoms with van der Waals surface area (Å²) in [5.41, 5.74) is 6.14. The molecule has 0 radical (unpaired) electrons. The van der Waals surface area contributed by atoms with Crippen molar-refractivity contribution >= 4 is 29.3 Å². The van der Waals surface area contributed by atoms with Crippen LogP contribution < -0.4 is 11.1 Å². The van der Waals surface area contributed by atoms with Gasteiger partial charge in [0, 0.05) is 5.69 Å². The lowest BCUT2D eigenvalue weighted by Gasteiger charge is -2.08. The van der Waals surface area contributed by atoms with Gasteiger partial charge in [-0.3, -0.25) is 9.36 Å². The minimum atomic E-state index is -0.356. The fourth-order valence-corrected chi connectivity index (χ4v) is 1.98. The number of nitrogen functional groups attached to an aromatic ring is 1. The van der Waals surface area contributed by atoms with Crippen molar-refractivity contribution in [2.45, 2.75) is 11.7 Å². The Hall–Kier alpha value is -2.09. The topological polar surface area (TPSA) is 85.8 Å². The number of nitrogens with one attached hydrogen (secondary N) is 1. The second kappa shape index (κ2) is 5.70. The molecule has 2 aromatic rings. The zero-order valence-corrected chi connectivity index (χ0v) is 10.9. The maximum Gasteiger partial charge on any atom is 0.244 e. The number of nitrogens with zero attached hydrogens (tertiary/aromatic N) is 3. The number of amides is 1. The molecule has 8 heteroatoms. The van der Waals surface area contributed by atoms with Gasteiger partial charge >= 0.3 is 0 Å². The maximum absolute atomic E-state index is 12.7. The summed E-state index contributed by atoms with van der Waals surface area (Å²) in [5, 5.41) is 10.7. The van der Waals surface area contributed by atoms with Crippen LogP contribution in [0.3, 0.4) is 0 Å². The van der Waals surface area contributed by atoms with Crippen LogP contribution in [0.5, 0.6) is 0 Å². The average molecular weight is 281 g/mol. The second-order valence-electron chi connectivity index (χ2n) is 3.69. The van der Waals surface area contributed by atoms with Gasteiger partial charge < -0.3 is 11.1 Å². The highest BCUT2D eigenvalue weighted by molar-refractivity contribution is 7.98. The van der Waals surface area contributed by atoms with E-state index in [0.717, 1.165) is 0 Å². The number of halogens is 1. The number of hydrogen-bond donors (Lipinski definition) is 2. The molecule has 0 bridgehead atoms. The van der Waals surface area contributed by atoms with Crippen LogP contribution in [0.2, 0.25) is 0 Å². The van der Waals surface area contributed by atoms with Crippen molar-refractivity contribution in [3.05, 3.63) is 30.1 Å². The van der Waals surface area contributed by atoms with E-state index in [1.807, 2.05) is 6.26 Å². The minimum Gasteiger partial charge on any atom is -0.368 e. The summed E-state index contributed by atoms with van der Waals surface area (Å²) in [6.45, 7) is 0.00633. The lowest BCUT2D eigenvalue weighted by atomic mass is 10.3. The van der Waals surface area contributed by atoms with Gasteiger partial charge in [-0.2, -0.15) is 0 Å². The molecule has 3 N–H and O–H groups in total. The number of nitrogens with two attached hydrogens (primary N) is 1. The lowest BCUT2D eigenvalue weighted by molar-refractivity contribution is -0.116. The van der Waals surface area contributed by atoms with Crippen LogP contribution in [-0.4, -0.2) is 26.9 Å². The van der Waals surface area contributed by atoms with Gasteiger partial charge in [-0.15, -0.1) is 10.2 Å². The summed E-state index contributed by atoms with van der Waals surface area (Å²) in [7, 11) is 0. The molecule has 0 saturated carbocycles. The van der Waals surface area contributed by atoms with Crippen LogP contribution in [0.25, 0.3) is 0 Å². The average Bonchev–Trinajstić information content (AvgIpc) is 2.73. The summed E-state index contributed by atoms with van der Waals surface area (Å²) < 4.78 is 14.2. The van der Waals surface area contributed by atoms with Gasteiger partial charge in [-0.05, 0) is 30.5 Å². The van der Waals surface area contributed by atoms with Crippen molar-refractivity contribution in [3.8, 4) is 0 Å². The van der Waals surface area contributed by atoms with E-state index in [-0.39, 0.29) is 24.2 Å². The van der Waals surface area contributed by atoms with Crippen molar-refractivity contribution in [1.29, 1.82) is 0 Å². The van der Waals surface area contributed by atoms with E-state index in [1.54, 1.807) is 0 Å². The Labute approximate surface area is 113 Å². The largest absolute Gasteiger partial charge is 0.368 e. The van der Waals surface area contributed by atoms with Crippen molar-refractivity contribution in [3.63, 3.8) is 0 Å². The molecular formula is C11H12FN5OS. The number of thioether (sulfide) groups is 1. The predicted octanol–water partition coefficient (Wildman–Crippen LogP) is 1.36. The number of aromatic nitrogens is 3. The standard InChI is InChI=1S/C11H12FN5OS/c1-19-11-16-15-10(13)17(11)6-9(18)14-8-4-2-7(12)3-5-8/h2-5H,6H2,1H3,(H2,13,15)(H,14,18). The third kappa shape index (κ3) is 3.22. The molecule has 0 spiro atoms. The first kappa shape index (κ1) is 13.3. The van der Waals surface area contributed by atoms with Crippen molar-refractivity contribution in [2.24, 2.45) is 0 Å². The molecular weight excluding hydrogens is 269 g/mol. The van der Waals surface area contributed by atoms with Gasteiger partial charge in [-0.25, -0.2) is 4.39 Å². The van der Waals surface area contributed by atoms with Crippen LogP contribution in [0.1, 0.15) is 0 Å². The highest BCUT2D eigenvalue weighted by Crippen LogP contribution is 2.15. The molecule has 1 aromatic heterocycles. The highest BCUT2D eigenvalue weighted by Gasteiger charge is 2.12. The molecule has 2 rings (SSSR count). The van der Waals surface area contributed by atoms with Crippen molar-refractivity contribution in [1.82, 2.24) is 14.8 Å². The smallest absolute Gasteiger partial charge is 0.244 e. The van der Waals surface area contributed by atoms with E-state index in [2.05, 4.69) is 15.5 Å². The van der Waals surface area contributed by atoms with Crippen LogP contribution in [0, 0.1) is 5.82 Å². The number of anilines is 2. The number of hydrogen-bond acceptors (Lipinski definition) is 5. The molecule has 0 aliphatic rings. The van der Waals surface area contributed by atoms with Crippen molar-refractivity contribution < 1.29 is 9.18 Å². The molecule has 1 aromatic carbocycles. The van der Waals surface area contributed by atoms with Crippen LogP contribution in [0.4, 0.5) is 16.0 Å². The summed E-state index contributed by atoms with van der Waals surface area (Å²) in [6, 6.07) is 5.52. The van der Waals surface area contributed by atoms with E-state index in [0.29, 0.717) is 10.8 Å². The van der Waals surface area contributed by atoms with E-state index < -0.39 is 0 Å². The van der Waals surface area contributed by atoms with Gasteiger partial charge in [-0.1, -0.05) is 11.8 Å². The van der Waals surface area contributed by atoms with E-state index in [9.17, 15) is 9.18 Å². The lowest BCUT2D eigenvalue weighted by Crippen LogP contribution is -2.20. The molecule has 100 valence electrons. The Morgan fingerprint density at radius 3 is 2.74 bits per heavy atom. The third-order valence-corrected chi connectivity index (χ3v) is 3.02. The van der Waals surface area contributed by atoms with E-state index >= 15 is 0 Å². The number of rotatable bonds is 4. The third-order valence-electron chi connectivity index (χ3n) is 2.36. The summed E-state index contributed by atoms with van der Waals surface area (Å²) in [4.78, 5) is 11.8. The molecule has 1 amide bonds. The summed E-state index contributed by atoms with van der Waals surface area (Å²) in [5.74, 6) is -0.460. The van der Waals surface area contributed by atoms with Gasteiger partial charge in [0.2, 0.25) is 11.9 Å². The van der Waals surface area contributed by atoms with Crippen LogP contribution in [0.15, 0.2) is 29.4 Å². The Morgan fingerprint density at radius 1 is 1.42 bits per heavy atom. The quantitative estimate of drug-likeness (QED) is 0.826. The molecule has 19 heavy (non-hydrogen) atoms. The van der Waals surface area contributed by atoms with Crippen LogP contribution >= 0.6 is 11.8 Å². The summed E-state index contributed by atoms with van der Waals surface area (Å²) >= 11 is 1.35. The Kier molecular flexibility index (Phi) is 4.00. The zero-order chi connectivity index (χ0) is 13.8. The SMILES string of the molecule is CSc1nnc(N)n1CC(=O)Nc1ccc(F)cc1. The normalized spacial score (nSPS) is 10.4. The number of carbonyl (C=O) groups is 1. The minimum absolute atomic E-state index is 0.00633. The zero-order valence-electron chi connectivity index (χ0n) is 10.1. The van der Waals surface area contributed by atoms with Gasteiger partial charge in [0.1, 0.15) is 12.4 Å². The summed E-state index contributed by atoms with van der Waals surface area (Å²) in [6.07, 6.45) is 1.82. The first-order valence-electron chi connectivity index (χ1n) is 5.38. The number of carbonyl (C=O) groups excluding carboxylic acids is 1. The Balaban J connectivity index is 2.05. The Bertz CT molecular complexity index is 583. The molecule has 0 aliphatic carbocycles. The highest BCUT2D eigenvalue weighted by atomic mass is 32.2. The number of benzene rings is 1. The fraction of sp³-hybridized carbons (Fsp3) is 0.182.